The van der Waals surface area contributed by atoms with Gasteiger partial charge in [-0.2, -0.15) is 0 Å². The van der Waals surface area contributed by atoms with E-state index in [1.54, 1.807) is 0 Å². The molecule has 0 spiro atoms. The molecule has 0 aromatic heterocycles. The lowest BCUT2D eigenvalue weighted by atomic mass is 9.71. The van der Waals surface area contributed by atoms with Crippen LogP contribution >= 0.6 is 0 Å². The normalized spacial score (nSPS) is 19.5. The number of anilines is 2. The summed E-state index contributed by atoms with van der Waals surface area (Å²) in [6.45, 7) is 0. The predicted molar refractivity (Wildman–Crippen MR) is 144 cm³/mol. The van der Waals surface area contributed by atoms with Crippen LogP contribution in [-0.2, 0) is 4.79 Å². The summed E-state index contributed by atoms with van der Waals surface area (Å²) in [6.07, 6.45) is 2.81. The molecule has 1 saturated carbocycles. The van der Waals surface area contributed by atoms with Gasteiger partial charge in [0.2, 0.25) is 0 Å². The van der Waals surface area contributed by atoms with Gasteiger partial charge in [-0.05, 0) is 48.2 Å². The fraction of sp³-hybridized carbons (Fsp3) is 0.219. The standard InChI is InChI=1S/C32H32N2O/c35-32-28(30(24-14-5-1-6-15-24)33-26-18-9-3-10-19-26)22-13-23-29(32)31(25-16-7-2-8-17-25)34-27-20-11-4-12-21-27/h1-12,14-21,28-31,33-34H,13,22-23H2. The Morgan fingerprint density at radius 2 is 0.857 bits per heavy atom. The maximum absolute atomic E-state index is 14.3. The second-order valence-corrected chi connectivity index (χ2v) is 9.34. The Labute approximate surface area is 208 Å². The van der Waals surface area contributed by atoms with Crippen LogP contribution in [0, 0.1) is 11.8 Å². The summed E-state index contributed by atoms with van der Waals surface area (Å²) in [5.74, 6) is 0.145. The molecule has 4 unspecified atom stereocenters. The number of carbonyl (C=O) groups excluding carboxylic acids is 1. The van der Waals surface area contributed by atoms with Gasteiger partial charge in [-0.3, -0.25) is 4.79 Å². The van der Waals surface area contributed by atoms with Gasteiger partial charge in [0.1, 0.15) is 5.78 Å². The second-order valence-electron chi connectivity index (χ2n) is 9.34. The molecule has 3 nitrogen and oxygen atoms in total. The molecule has 5 rings (SSSR count). The highest BCUT2D eigenvalue weighted by molar-refractivity contribution is 5.86. The fourth-order valence-corrected chi connectivity index (χ4v) is 5.36. The van der Waals surface area contributed by atoms with Crippen LogP contribution < -0.4 is 10.6 Å². The Morgan fingerprint density at radius 1 is 0.514 bits per heavy atom. The highest BCUT2D eigenvalue weighted by atomic mass is 16.1. The lowest BCUT2D eigenvalue weighted by Crippen LogP contribution is -2.39. The van der Waals surface area contributed by atoms with E-state index in [4.69, 9.17) is 0 Å². The van der Waals surface area contributed by atoms with Crippen molar-refractivity contribution in [2.45, 2.75) is 31.3 Å². The highest BCUT2D eigenvalue weighted by Gasteiger charge is 2.41. The third-order valence-electron chi connectivity index (χ3n) is 7.08. The van der Waals surface area contributed by atoms with Gasteiger partial charge in [0, 0.05) is 23.2 Å². The molecule has 0 radical (unpaired) electrons. The van der Waals surface area contributed by atoms with Gasteiger partial charge >= 0.3 is 0 Å². The molecular formula is C32H32N2O. The minimum atomic E-state index is -0.0971. The number of hydrogen-bond donors (Lipinski definition) is 2. The van der Waals surface area contributed by atoms with E-state index in [0.717, 1.165) is 41.8 Å². The van der Waals surface area contributed by atoms with Crippen molar-refractivity contribution in [3.05, 3.63) is 132 Å². The molecule has 4 aromatic rings. The summed E-state index contributed by atoms with van der Waals surface area (Å²) in [4.78, 5) is 14.3. The predicted octanol–water partition coefficient (Wildman–Crippen LogP) is 7.68. The van der Waals surface area contributed by atoms with E-state index in [1.165, 1.54) is 0 Å². The summed E-state index contributed by atoms with van der Waals surface area (Å²) in [7, 11) is 0. The van der Waals surface area contributed by atoms with Crippen molar-refractivity contribution in [1.82, 2.24) is 0 Å². The van der Waals surface area contributed by atoms with E-state index in [-0.39, 0.29) is 23.9 Å². The minimum Gasteiger partial charge on any atom is -0.378 e. The molecule has 1 aliphatic rings. The number of ketones is 1. The lowest BCUT2D eigenvalue weighted by molar-refractivity contribution is -0.130. The summed E-state index contributed by atoms with van der Waals surface area (Å²) in [5.41, 5.74) is 4.39. The number of carbonyl (C=O) groups is 1. The summed E-state index contributed by atoms with van der Waals surface area (Å²) >= 11 is 0. The molecule has 35 heavy (non-hydrogen) atoms. The molecule has 4 aromatic carbocycles. The smallest absolute Gasteiger partial charge is 0.143 e. The molecule has 1 fully saturated rings. The first-order valence-corrected chi connectivity index (χ1v) is 12.6. The van der Waals surface area contributed by atoms with E-state index in [0.29, 0.717) is 5.78 Å². The van der Waals surface area contributed by atoms with Crippen molar-refractivity contribution in [3.63, 3.8) is 0 Å². The van der Waals surface area contributed by atoms with Gasteiger partial charge in [-0.25, -0.2) is 0 Å². The van der Waals surface area contributed by atoms with Crippen molar-refractivity contribution in [2.24, 2.45) is 11.8 Å². The topological polar surface area (TPSA) is 41.1 Å². The molecular weight excluding hydrogens is 428 g/mol. The number of benzene rings is 4. The van der Waals surface area contributed by atoms with E-state index in [9.17, 15) is 4.79 Å². The molecule has 0 saturated heterocycles. The van der Waals surface area contributed by atoms with Gasteiger partial charge in [0.25, 0.3) is 0 Å². The minimum absolute atomic E-state index is 0.0675. The number of Topliss-reactive ketones (excluding diaryl/α,β-unsaturated/α-hetero) is 1. The van der Waals surface area contributed by atoms with Gasteiger partial charge < -0.3 is 10.6 Å². The van der Waals surface area contributed by atoms with Crippen molar-refractivity contribution in [3.8, 4) is 0 Å². The Balaban J connectivity index is 1.47. The van der Waals surface area contributed by atoms with Crippen molar-refractivity contribution >= 4 is 17.2 Å². The van der Waals surface area contributed by atoms with Crippen molar-refractivity contribution in [2.75, 3.05) is 10.6 Å². The van der Waals surface area contributed by atoms with Gasteiger partial charge in [0.15, 0.2) is 0 Å². The van der Waals surface area contributed by atoms with E-state index in [2.05, 4.69) is 83.4 Å². The van der Waals surface area contributed by atoms with Gasteiger partial charge in [-0.15, -0.1) is 0 Å². The van der Waals surface area contributed by atoms with Crippen LogP contribution in [0.2, 0.25) is 0 Å². The summed E-state index contributed by atoms with van der Waals surface area (Å²) in [6, 6.07) is 41.2. The maximum Gasteiger partial charge on any atom is 0.143 e. The maximum atomic E-state index is 14.3. The lowest BCUT2D eigenvalue weighted by Gasteiger charge is -2.38. The Morgan fingerprint density at radius 3 is 1.23 bits per heavy atom. The first kappa shape index (κ1) is 22.9. The highest BCUT2D eigenvalue weighted by Crippen LogP contribution is 2.42. The first-order valence-electron chi connectivity index (χ1n) is 12.6. The van der Waals surface area contributed by atoms with Crippen LogP contribution in [0.3, 0.4) is 0 Å². The Bertz CT molecular complexity index is 1100. The average molecular weight is 461 g/mol. The third-order valence-corrected chi connectivity index (χ3v) is 7.08. The van der Waals surface area contributed by atoms with Gasteiger partial charge in [-0.1, -0.05) is 103 Å². The fourth-order valence-electron chi connectivity index (χ4n) is 5.36. The Hall–Kier alpha value is -3.85. The third kappa shape index (κ3) is 5.46. The largest absolute Gasteiger partial charge is 0.378 e. The van der Waals surface area contributed by atoms with E-state index >= 15 is 0 Å². The van der Waals surface area contributed by atoms with Crippen molar-refractivity contribution < 1.29 is 4.79 Å². The van der Waals surface area contributed by atoms with Crippen LogP contribution in [0.5, 0.6) is 0 Å². The van der Waals surface area contributed by atoms with Crippen LogP contribution in [-0.4, -0.2) is 5.78 Å². The van der Waals surface area contributed by atoms with Gasteiger partial charge in [0.05, 0.1) is 12.1 Å². The zero-order valence-electron chi connectivity index (χ0n) is 19.9. The summed E-state index contributed by atoms with van der Waals surface area (Å²) < 4.78 is 0. The SMILES string of the molecule is O=C1C(C(Nc2ccccc2)c2ccccc2)CCCC1C(Nc1ccccc1)c1ccccc1. The molecule has 0 bridgehead atoms. The van der Waals surface area contributed by atoms with Crippen LogP contribution in [0.4, 0.5) is 11.4 Å². The number of rotatable bonds is 8. The molecule has 1 aliphatic carbocycles. The molecule has 0 amide bonds. The number of nitrogens with one attached hydrogen (secondary N) is 2. The zero-order valence-corrected chi connectivity index (χ0v) is 19.9. The number of hydrogen-bond acceptors (Lipinski definition) is 3. The van der Waals surface area contributed by atoms with E-state index < -0.39 is 0 Å². The molecule has 4 atom stereocenters. The quantitative estimate of drug-likeness (QED) is 0.283. The van der Waals surface area contributed by atoms with Crippen LogP contribution in [0.25, 0.3) is 0 Å². The molecule has 0 aliphatic heterocycles. The molecule has 3 heteroatoms. The van der Waals surface area contributed by atoms with Crippen LogP contribution in [0.15, 0.2) is 121 Å². The molecule has 0 heterocycles. The monoisotopic (exact) mass is 460 g/mol. The van der Waals surface area contributed by atoms with E-state index in [1.807, 2.05) is 48.5 Å². The Kier molecular flexibility index (Phi) is 7.24. The first-order chi connectivity index (χ1) is 17.3. The summed E-state index contributed by atoms with van der Waals surface area (Å²) in [5, 5.41) is 7.41. The molecule has 2 N–H and O–H groups in total. The second kappa shape index (κ2) is 11.1. The average Bonchev–Trinajstić information content (AvgIpc) is 2.93. The number of para-hydroxylation sites is 2. The van der Waals surface area contributed by atoms with Crippen molar-refractivity contribution in [1.29, 1.82) is 0 Å². The zero-order chi connectivity index (χ0) is 23.9. The van der Waals surface area contributed by atoms with Crippen LogP contribution in [0.1, 0.15) is 42.5 Å². The molecule has 176 valence electrons.